The molecule has 0 aliphatic carbocycles. The second-order valence-corrected chi connectivity index (χ2v) is 6.85. The lowest BCUT2D eigenvalue weighted by Gasteiger charge is -2.38. The maximum atomic E-state index is 12.1. The number of hydrogen-bond acceptors (Lipinski definition) is 2. The Balaban J connectivity index is 2.16. The number of rotatable bonds is 5. The summed E-state index contributed by atoms with van der Waals surface area (Å²) in [5.74, 6) is 0.225. The van der Waals surface area contributed by atoms with Crippen molar-refractivity contribution in [1.82, 2.24) is 5.32 Å². The van der Waals surface area contributed by atoms with Crippen molar-refractivity contribution in [1.29, 1.82) is 0 Å². The van der Waals surface area contributed by atoms with Gasteiger partial charge in [-0.15, -0.1) is 0 Å². The van der Waals surface area contributed by atoms with Crippen molar-refractivity contribution < 1.29 is 9.53 Å². The third kappa shape index (κ3) is 4.07. The van der Waals surface area contributed by atoms with Crippen LogP contribution in [0.1, 0.15) is 38.7 Å². The Kier molecular flexibility index (Phi) is 5.82. The molecule has 0 aromatic heterocycles. The second kappa shape index (κ2) is 7.41. The highest BCUT2D eigenvalue weighted by molar-refractivity contribution is 9.10. The quantitative estimate of drug-likeness (QED) is 0.876. The van der Waals surface area contributed by atoms with Crippen LogP contribution in [0, 0.1) is 5.92 Å². The molecule has 116 valence electrons. The predicted molar refractivity (Wildman–Crippen MR) is 88.3 cm³/mol. The molecule has 1 aromatic rings. The zero-order chi connectivity index (χ0) is 15.3. The van der Waals surface area contributed by atoms with Crippen LogP contribution < -0.4 is 5.32 Å². The van der Waals surface area contributed by atoms with E-state index >= 15 is 0 Å². The minimum absolute atomic E-state index is 0.00878. The van der Waals surface area contributed by atoms with E-state index in [1.165, 1.54) is 5.56 Å². The monoisotopic (exact) mass is 353 g/mol. The van der Waals surface area contributed by atoms with E-state index in [0.29, 0.717) is 6.54 Å². The van der Waals surface area contributed by atoms with Crippen molar-refractivity contribution >= 4 is 21.8 Å². The predicted octanol–water partition coefficient (Wildman–Crippen LogP) is 3.66. The minimum Gasteiger partial charge on any atom is -0.381 e. The fourth-order valence-electron chi connectivity index (χ4n) is 2.76. The highest BCUT2D eigenvalue weighted by Crippen LogP contribution is 2.35. The summed E-state index contributed by atoms with van der Waals surface area (Å²) in [6.07, 6.45) is 2.77. The fraction of sp³-hybridized carbons (Fsp3) is 0.588. The van der Waals surface area contributed by atoms with E-state index in [9.17, 15) is 4.79 Å². The number of ether oxygens (including phenoxy) is 1. The molecule has 21 heavy (non-hydrogen) atoms. The molecule has 2 rings (SSSR count). The molecule has 1 amide bonds. The van der Waals surface area contributed by atoms with E-state index in [1.807, 2.05) is 19.9 Å². The van der Waals surface area contributed by atoms with E-state index in [4.69, 9.17) is 4.74 Å². The van der Waals surface area contributed by atoms with E-state index in [-0.39, 0.29) is 17.2 Å². The first-order valence-corrected chi connectivity index (χ1v) is 8.48. The Hall–Kier alpha value is -0.870. The van der Waals surface area contributed by atoms with Crippen molar-refractivity contribution in [3.05, 3.63) is 34.3 Å². The molecule has 1 atom stereocenters. The zero-order valence-electron chi connectivity index (χ0n) is 12.8. The summed E-state index contributed by atoms with van der Waals surface area (Å²) in [6.45, 7) is 6.22. The lowest BCUT2D eigenvalue weighted by atomic mass is 9.74. The first-order valence-electron chi connectivity index (χ1n) is 7.69. The Morgan fingerprint density at radius 3 is 2.76 bits per heavy atom. The lowest BCUT2D eigenvalue weighted by molar-refractivity contribution is -0.125. The van der Waals surface area contributed by atoms with Crippen molar-refractivity contribution in [2.75, 3.05) is 19.8 Å². The normalized spacial score (nSPS) is 19.0. The third-order valence-electron chi connectivity index (χ3n) is 4.55. The van der Waals surface area contributed by atoms with Crippen LogP contribution in [0.4, 0.5) is 0 Å². The molecule has 0 radical (unpaired) electrons. The van der Waals surface area contributed by atoms with Gasteiger partial charge in [0.2, 0.25) is 5.91 Å². The average Bonchev–Trinajstić information content (AvgIpc) is 2.52. The number of benzene rings is 1. The highest BCUT2D eigenvalue weighted by atomic mass is 79.9. The molecule has 1 unspecified atom stereocenters. The van der Waals surface area contributed by atoms with Gasteiger partial charge in [-0.1, -0.05) is 41.9 Å². The SMILES string of the molecule is CCC(C)C(=O)NCC1(c2cccc(Br)c2)CCOCC1. The van der Waals surface area contributed by atoms with Crippen LogP contribution in [-0.4, -0.2) is 25.7 Å². The Labute approximate surface area is 135 Å². The molecule has 1 aliphatic rings. The van der Waals surface area contributed by atoms with Gasteiger partial charge in [-0.25, -0.2) is 0 Å². The lowest BCUT2D eigenvalue weighted by Crippen LogP contribution is -2.45. The van der Waals surface area contributed by atoms with Gasteiger partial charge in [-0.3, -0.25) is 4.79 Å². The van der Waals surface area contributed by atoms with E-state index in [0.717, 1.165) is 36.9 Å². The van der Waals surface area contributed by atoms with Gasteiger partial charge in [-0.2, -0.15) is 0 Å². The zero-order valence-corrected chi connectivity index (χ0v) is 14.4. The topological polar surface area (TPSA) is 38.3 Å². The van der Waals surface area contributed by atoms with Gasteiger partial charge in [0.05, 0.1) is 0 Å². The Bertz CT molecular complexity index is 483. The van der Waals surface area contributed by atoms with E-state index in [2.05, 4.69) is 39.4 Å². The second-order valence-electron chi connectivity index (χ2n) is 5.93. The van der Waals surface area contributed by atoms with Crippen molar-refractivity contribution in [3.8, 4) is 0 Å². The van der Waals surface area contributed by atoms with Crippen molar-refractivity contribution in [3.63, 3.8) is 0 Å². The van der Waals surface area contributed by atoms with Crippen LogP contribution in [0.5, 0.6) is 0 Å². The number of halogens is 1. The van der Waals surface area contributed by atoms with Gasteiger partial charge in [-0.05, 0) is 37.0 Å². The summed E-state index contributed by atoms with van der Waals surface area (Å²) in [6, 6.07) is 8.42. The highest BCUT2D eigenvalue weighted by Gasteiger charge is 2.35. The van der Waals surface area contributed by atoms with Gasteiger partial charge >= 0.3 is 0 Å². The molecule has 3 nitrogen and oxygen atoms in total. The summed E-state index contributed by atoms with van der Waals surface area (Å²) in [7, 11) is 0. The number of hydrogen-bond donors (Lipinski definition) is 1. The first-order chi connectivity index (χ1) is 10.1. The molecule has 1 fully saturated rings. The molecule has 1 heterocycles. The van der Waals surface area contributed by atoms with Gasteiger partial charge in [0.25, 0.3) is 0 Å². The average molecular weight is 354 g/mol. The minimum atomic E-state index is -0.00878. The molecule has 0 bridgehead atoms. The summed E-state index contributed by atoms with van der Waals surface area (Å²) >= 11 is 3.55. The van der Waals surface area contributed by atoms with Gasteiger partial charge < -0.3 is 10.1 Å². The third-order valence-corrected chi connectivity index (χ3v) is 5.04. The number of carbonyl (C=O) groups is 1. The van der Waals surface area contributed by atoms with Crippen molar-refractivity contribution in [2.45, 2.75) is 38.5 Å². The van der Waals surface area contributed by atoms with Gasteiger partial charge in [0.1, 0.15) is 0 Å². The summed E-state index contributed by atoms with van der Waals surface area (Å²) in [4.78, 5) is 12.1. The fourth-order valence-corrected chi connectivity index (χ4v) is 3.16. The van der Waals surface area contributed by atoms with Crippen LogP contribution in [0.3, 0.4) is 0 Å². The molecule has 1 saturated heterocycles. The van der Waals surface area contributed by atoms with Crippen LogP contribution in [0.25, 0.3) is 0 Å². The molecule has 1 aromatic carbocycles. The molecule has 0 spiro atoms. The molecular weight excluding hydrogens is 330 g/mol. The Morgan fingerprint density at radius 1 is 1.43 bits per heavy atom. The number of carbonyl (C=O) groups excluding carboxylic acids is 1. The maximum Gasteiger partial charge on any atom is 0.222 e. The van der Waals surface area contributed by atoms with Crippen molar-refractivity contribution in [2.24, 2.45) is 5.92 Å². The number of nitrogens with one attached hydrogen (secondary N) is 1. The standard InChI is InChI=1S/C17H24BrNO2/c1-3-13(2)16(20)19-12-17(7-9-21-10-8-17)14-5-4-6-15(18)11-14/h4-6,11,13H,3,7-10,12H2,1-2H3,(H,19,20). The number of amides is 1. The molecule has 4 heteroatoms. The van der Waals surface area contributed by atoms with Crippen LogP contribution in [0.2, 0.25) is 0 Å². The molecule has 0 saturated carbocycles. The molecule has 1 N–H and O–H groups in total. The largest absolute Gasteiger partial charge is 0.381 e. The van der Waals surface area contributed by atoms with Gasteiger partial charge in [0, 0.05) is 35.6 Å². The van der Waals surface area contributed by atoms with Gasteiger partial charge in [0.15, 0.2) is 0 Å². The van der Waals surface area contributed by atoms with E-state index < -0.39 is 0 Å². The van der Waals surface area contributed by atoms with Crippen LogP contribution in [0.15, 0.2) is 28.7 Å². The van der Waals surface area contributed by atoms with E-state index in [1.54, 1.807) is 0 Å². The molecular formula is C17H24BrNO2. The summed E-state index contributed by atoms with van der Waals surface area (Å²) < 4.78 is 6.61. The summed E-state index contributed by atoms with van der Waals surface area (Å²) in [5, 5.41) is 3.15. The van der Waals surface area contributed by atoms with Crippen LogP contribution >= 0.6 is 15.9 Å². The maximum absolute atomic E-state index is 12.1. The first kappa shape index (κ1) is 16.5. The summed E-state index contributed by atoms with van der Waals surface area (Å²) in [5.41, 5.74) is 1.27. The Morgan fingerprint density at radius 2 is 2.14 bits per heavy atom. The smallest absolute Gasteiger partial charge is 0.222 e. The van der Waals surface area contributed by atoms with Crippen LogP contribution in [-0.2, 0) is 14.9 Å². The molecule has 1 aliphatic heterocycles.